The molecule has 7 nitrogen and oxygen atoms in total. The number of nitrogens with zero attached hydrogens (tertiary/aromatic N) is 4. The summed E-state index contributed by atoms with van der Waals surface area (Å²) in [4.78, 5) is 27.8. The predicted molar refractivity (Wildman–Crippen MR) is 97.5 cm³/mol. The smallest absolute Gasteiger partial charge is 0.307 e. The number of anilines is 1. The van der Waals surface area contributed by atoms with Crippen LogP contribution in [0.2, 0.25) is 5.02 Å². The van der Waals surface area contributed by atoms with Crippen LogP contribution in [-0.2, 0) is 11.3 Å². The molecule has 0 saturated carbocycles. The molecular weight excluding hydrogens is 362 g/mol. The van der Waals surface area contributed by atoms with Gasteiger partial charge in [0.25, 0.3) is 0 Å². The van der Waals surface area contributed by atoms with Crippen molar-refractivity contribution < 1.29 is 4.79 Å². The first-order chi connectivity index (χ1) is 12.0. The summed E-state index contributed by atoms with van der Waals surface area (Å²) in [5, 5.41) is 9.26. The van der Waals surface area contributed by atoms with Crippen LogP contribution in [0.25, 0.3) is 5.69 Å². The molecule has 0 saturated heterocycles. The van der Waals surface area contributed by atoms with E-state index in [1.807, 2.05) is 12.3 Å². The number of nitrogens with one attached hydrogen (secondary N) is 1. The van der Waals surface area contributed by atoms with Crippen molar-refractivity contribution in [3.63, 3.8) is 0 Å². The van der Waals surface area contributed by atoms with E-state index in [1.165, 1.54) is 17.7 Å². The van der Waals surface area contributed by atoms with Crippen molar-refractivity contribution in [3.8, 4) is 5.69 Å². The second kappa shape index (κ2) is 7.62. The highest BCUT2D eigenvalue weighted by molar-refractivity contribution is 7.07. The normalized spacial score (nSPS) is 10.8. The van der Waals surface area contributed by atoms with Crippen molar-refractivity contribution >= 4 is 34.5 Å². The fourth-order valence-electron chi connectivity index (χ4n) is 2.43. The zero-order chi connectivity index (χ0) is 17.8. The SMILES string of the molecule is Cc1csc(=O)n1CCCC(=O)Nc1cc(Cl)ccc1-n1cncn1. The average molecular weight is 378 g/mol. The Balaban J connectivity index is 1.65. The van der Waals surface area contributed by atoms with Crippen LogP contribution < -0.4 is 10.2 Å². The first-order valence-electron chi connectivity index (χ1n) is 7.64. The standard InChI is InChI=1S/C16H16ClN5O2S/c1-11-8-25-16(24)21(11)6-2-3-15(23)20-13-7-12(17)4-5-14(13)22-10-18-9-19-22/h4-5,7-10H,2-3,6H2,1H3,(H,20,23). The first kappa shape index (κ1) is 17.4. The molecule has 0 unspecified atom stereocenters. The average Bonchev–Trinajstić information content (AvgIpc) is 3.20. The highest BCUT2D eigenvalue weighted by Gasteiger charge is 2.11. The molecule has 0 bridgehead atoms. The number of rotatable bonds is 6. The molecule has 1 amide bonds. The summed E-state index contributed by atoms with van der Waals surface area (Å²) >= 11 is 7.21. The van der Waals surface area contributed by atoms with Crippen LogP contribution in [0.3, 0.4) is 0 Å². The van der Waals surface area contributed by atoms with E-state index in [0.29, 0.717) is 35.8 Å². The van der Waals surface area contributed by atoms with Gasteiger partial charge in [-0.1, -0.05) is 22.9 Å². The van der Waals surface area contributed by atoms with Crippen molar-refractivity contribution in [2.75, 3.05) is 5.32 Å². The molecule has 3 rings (SSSR count). The minimum absolute atomic E-state index is 0.00113. The molecule has 0 radical (unpaired) electrons. The molecule has 0 aliphatic rings. The van der Waals surface area contributed by atoms with Gasteiger partial charge in [0.1, 0.15) is 12.7 Å². The molecule has 1 aromatic carbocycles. The third-order valence-corrected chi connectivity index (χ3v) is 4.78. The van der Waals surface area contributed by atoms with Crippen molar-refractivity contribution in [1.82, 2.24) is 19.3 Å². The summed E-state index contributed by atoms with van der Waals surface area (Å²) in [5.74, 6) is -0.149. The lowest BCUT2D eigenvalue weighted by Gasteiger charge is -2.11. The van der Waals surface area contributed by atoms with Gasteiger partial charge in [-0.15, -0.1) is 0 Å². The predicted octanol–water partition coefficient (Wildman–Crippen LogP) is 2.87. The molecule has 0 spiro atoms. The van der Waals surface area contributed by atoms with Crippen molar-refractivity contribution in [3.05, 3.63) is 56.6 Å². The number of thiazole rings is 1. The molecule has 0 aliphatic heterocycles. The molecule has 0 atom stereocenters. The first-order valence-corrected chi connectivity index (χ1v) is 8.89. The van der Waals surface area contributed by atoms with Gasteiger partial charge in [0.15, 0.2) is 0 Å². The molecule has 1 N–H and O–H groups in total. The Labute approximate surface area is 152 Å². The van der Waals surface area contributed by atoms with Crippen LogP contribution in [0.15, 0.2) is 41.0 Å². The molecule has 130 valence electrons. The number of carbonyl (C=O) groups excluding carboxylic acids is 1. The number of halogens is 1. The lowest BCUT2D eigenvalue weighted by Crippen LogP contribution is -2.18. The lowest BCUT2D eigenvalue weighted by atomic mass is 10.2. The molecular formula is C16H16ClN5O2S. The zero-order valence-corrected chi connectivity index (χ0v) is 15.0. The minimum Gasteiger partial charge on any atom is -0.324 e. The maximum Gasteiger partial charge on any atom is 0.307 e. The fraction of sp³-hybridized carbons (Fsp3) is 0.250. The molecule has 2 aromatic heterocycles. The Bertz CT molecular complexity index is 932. The number of aryl methyl sites for hydroxylation is 1. The summed E-state index contributed by atoms with van der Waals surface area (Å²) in [5.41, 5.74) is 2.16. The van der Waals surface area contributed by atoms with Gasteiger partial charge in [-0.3, -0.25) is 9.59 Å². The quantitative estimate of drug-likeness (QED) is 0.716. The lowest BCUT2D eigenvalue weighted by molar-refractivity contribution is -0.116. The Morgan fingerprint density at radius 2 is 2.24 bits per heavy atom. The Morgan fingerprint density at radius 3 is 2.92 bits per heavy atom. The van der Waals surface area contributed by atoms with Crippen molar-refractivity contribution in [2.45, 2.75) is 26.3 Å². The number of aromatic nitrogens is 4. The molecule has 9 heteroatoms. The van der Waals surface area contributed by atoms with Crippen LogP contribution in [0.5, 0.6) is 0 Å². The molecule has 2 heterocycles. The largest absolute Gasteiger partial charge is 0.324 e. The zero-order valence-electron chi connectivity index (χ0n) is 13.5. The number of amides is 1. The van der Waals surface area contributed by atoms with Crippen LogP contribution >= 0.6 is 22.9 Å². The number of hydrogen-bond acceptors (Lipinski definition) is 5. The van der Waals surface area contributed by atoms with E-state index in [0.717, 1.165) is 5.69 Å². The van der Waals surface area contributed by atoms with Gasteiger partial charge in [-0.05, 0) is 31.5 Å². The summed E-state index contributed by atoms with van der Waals surface area (Å²) in [6.07, 6.45) is 3.83. The van der Waals surface area contributed by atoms with E-state index in [4.69, 9.17) is 11.6 Å². The number of hydrogen-bond donors (Lipinski definition) is 1. The van der Waals surface area contributed by atoms with Gasteiger partial charge < -0.3 is 9.88 Å². The van der Waals surface area contributed by atoms with E-state index >= 15 is 0 Å². The summed E-state index contributed by atoms with van der Waals surface area (Å²) in [6.45, 7) is 2.40. The third-order valence-electron chi connectivity index (χ3n) is 3.66. The molecule has 3 aromatic rings. The van der Waals surface area contributed by atoms with Gasteiger partial charge in [0.2, 0.25) is 5.91 Å². The Hall–Kier alpha value is -2.45. The summed E-state index contributed by atoms with van der Waals surface area (Å²) in [7, 11) is 0. The van der Waals surface area contributed by atoms with Crippen LogP contribution in [0, 0.1) is 6.92 Å². The van der Waals surface area contributed by atoms with Crippen LogP contribution in [-0.4, -0.2) is 25.2 Å². The van der Waals surface area contributed by atoms with Gasteiger partial charge >= 0.3 is 4.87 Å². The summed E-state index contributed by atoms with van der Waals surface area (Å²) in [6, 6.07) is 5.16. The fourth-order valence-corrected chi connectivity index (χ4v) is 3.36. The van der Waals surface area contributed by atoms with Gasteiger partial charge in [-0.25, -0.2) is 9.67 Å². The molecule has 25 heavy (non-hydrogen) atoms. The Kier molecular flexibility index (Phi) is 5.30. The van der Waals surface area contributed by atoms with Crippen molar-refractivity contribution in [1.29, 1.82) is 0 Å². The van der Waals surface area contributed by atoms with E-state index in [2.05, 4.69) is 15.4 Å². The minimum atomic E-state index is -0.149. The van der Waals surface area contributed by atoms with E-state index in [-0.39, 0.29) is 10.8 Å². The highest BCUT2D eigenvalue weighted by atomic mass is 35.5. The summed E-state index contributed by atoms with van der Waals surface area (Å²) < 4.78 is 3.23. The van der Waals surface area contributed by atoms with E-state index < -0.39 is 0 Å². The maximum atomic E-state index is 12.3. The van der Waals surface area contributed by atoms with Crippen LogP contribution in [0.4, 0.5) is 5.69 Å². The van der Waals surface area contributed by atoms with Gasteiger partial charge in [0, 0.05) is 29.1 Å². The third kappa shape index (κ3) is 4.15. The monoisotopic (exact) mass is 377 g/mol. The number of benzene rings is 1. The number of carbonyl (C=O) groups is 1. The second-order valence-corrected chi connectivity index (χ2v) is 6.70. The highest BCUT2D eigenvalue weighted by Crippen LogP contribution is 2.24. The topological polar surface area (TPSA) is 81.8 Å². The Morgan fingerprint density at radius 1 is 1.40 bits per heavy atom. The van der Waals surface area contributed by atoms with Crippen LogP contribution in [0.1, 0.15) is 18.5 Å². The van der Waals surface area contributed by atoms with E-state index in [9.17, 15) is 9.59 Å². The second-order valence-electron chi connectivity index (χ2n) is 5.45. The van der Waals surface area contributed by atoms with E-state index in [1.54, 1.807) is 33.8 Å². The maximum absolute atomic E-state index is 12.3. The molecule has 0 aliphatic carbocycles. The van der Waals surface area contributed by atoms with Gasteiger partial charge in [0.05, 0.1) is 11.4 Å². The van der Waals surface area contributed by atoms with Gasteiger partial charge in [-0.2, -0.15) is 5.10 Å². The van der Waals surface area contributed by atoms with Crippen molar-refractivity contribution in [2.24, 2.45) is 0 Å². The molecule has 0 fully saturated rings.